The van der Waals surface area contributed by atoms with E-state index in [4.69, 9.17) is 0 Å². The molecule has 46 valence electrons. The van der Waals surface area contributed by atoms with Crippen molar-refractivity contribution in [1.82, 2.24) is 7.61 Å². The van der Waals surface area contributed by atoms with Crippen molar-refractivity contribution in [3.8, 4) is 0 Å². The molecule has 0 saturated heterocycles. The molecule has 0 atom stereocenters. The molecule has 0 spiro atoms. The second-order valence-corrected chi connectivity index (χ2v) is 4.60. The summed E-state index contributed by atoms with van der Waals surface area (Å²) in [6, 6.07) is 0. The van der Waals surface area contributed by atoms with Gasteiger partial charge in [-0.25, -0.2) is 0 Å². The summed E-state index contributed by atoms with van der Waals surface area (Å²) in [5, 5.41) is 0. The van der Waals surface area contributed by atoms with Crippen LogP contribution in [-0.4, -0.2) is 53.7 Å². The molecule has 0 unspecified atom stereocenters. The van der Waals surface area contributed by atoms with Gasteiger partial charge in [-0.05, 0) is 0 Å². The van der Waals surface area contributed by atoms with Crippen LogP contribution < -0.4 is 0 Å². The Balaban J connectivity index is 2.68. The number of likely N-dealkylation sites (N-methyl/N-ethyl adjacent to an activating group) is 1. The third kappa shape index (κ3) is 1.44. The summed E-state index contributed by atoms with van der Waals surface area (Å²) in [7, 11) is 1.92. The summed E-state index contributed by atoms with van der Waals surface area (Å²) in [5.41, 5.74) is 0.789. The third-order valence-corrected chi connectivity index (χ3v) is 2.45. The molecule has 0 aromatic carbocycles. The predicted molar refractivity (Wildman–Crippen MR) is 34.4 cm³/mol. The van der Waals surface area contributed by atoms with E-state index >= 15 is 0 Å². The van der Waals surface area contributed by atoms with Crippen molar-refractivity contribution in [2.24, 2.45) is 0 Å². The first-order valence-electron chi connectivity index (χ1n) is 2.63. The van der Waals surface area contributed by atoms with Crippen LogP contribution in [0.25, 0.3) is 0 Å². The van der Waals surface area contributed by atoms with E-state index < -0.39 is 0 Å². The van der Waals surface area contributed by atoms with Gasteiger partial charge in [0.15, 0.2) is 0 Å². The van der Waals surface area contributed by atoms with Crippen LogP contribution in [-0.2, 0) is 4.79 Å². The number of carbonyl (C=O) groups is 1. The van der Waals surface area contributed by atoms with E-state index in [0.29, 0.717) is 0 Å². The van der Waals surface area contributed by atoms with Crippen molar-refractivity contribution in [3.05, 3.63) is 11.9 Å². The number of carbonyl (C=O) groups excluding carboxylic acids is 1. The second kappa shape index (κ2) is 2.68. The molecule has 0 aromatic rings. The molecule has 0 saturated carbocycles. The Labute approximate surface area is 70.4 Å². The monoisotopic (exact) mass is 316 g/mol. The molecule has 0 bridgehead atoms. The Morgan fingerprint density at radius 3 is 2.78 bits per heavy atom. The second-order valence-electron chi connectivity index (χ2n) is 2.03. The molecule has 0 amide bonds. The topological polar surface area (TPSA) is 23.6 Å². The van der Waals surface area contributed by atoms with E-state index in [-0.39, 0.29) is 0 Å². The number of rotatable bonds is 1. The molecular formula is C5H7N2OTl. The van der Waals surface area contributed by atoms with Crippen molar-refractivity contribution in [2.45, 2.75) is 0 Å². The number of aldehydes is 1. The van der Waals surface area contributed by atoms with Crippen LogP contribution in [0.2, 0.25) is 0 Å². The first kappa shape index (κ1) is 7.04. The van der Waals surface area contributed by atoms with E-state index in [1.807, 2.05) is 18.1 Å². The fourth-order valence-electron chi connectivity index (χ4n) is 0.756. The Morgan fingerprint density at radius 2 is 2.56 bits per heavy atom. The van der Waals surface area contributed by atoms with Crippen molar-refractivity contribution in [3.63, 3.8) is 0 Å². The molecular weight excluding hydrogens is 308 g/mol. The van der Waals surface area contributed by atoms with E-state index in [1.165, 1.54) is 0 Å². The molecule has 0 radical (unpaired) electrons. The number of nitrogens with zero attached hydrogens (tertiary/aromatic N) is 2. The van der Waals surface area contributed by atoms with Crippen molar-refractivity contribution in [2.75, 3.05) is 13.7 Å². The molecule has 0 aliphatic carbocycles. The maximum absolute atomic E-state index is 10.2. The Morgan fingerprint density at radius 1 is 1.89 bits per heavy atom. The minimum atomic E-state index is 0.789. The van der Waals surface area contributed by atoms with Gasteiger partial charge >= 0.3 is 70.4 Å². The summed E-state index contributed by atoms with van der Waals surface area (Å²) in [5.74, 6) is 0. The van der Waals surface area contributed by atoms with Gasteiger partial charge in [0.1, 0.15) is 0 Å². The molecule has 3 nitrogen and oxygen atoms in total. The minimum absolute atomic E-state index is 0.789. The number of allylic oxidation sites excluding steroid dienone is 1. The fourth-order valence-corrected chi connectivity index (χ4v) is 2.30. The van der Waals surface area contributed by atoms with Gasteiger partial charge in [0.05, 0.1) is 0 Å². The van der Waals surface area contributed by atoms with Crippen LogP contribution in [0, 0.1) is 0 Å². The first-order valence-corrected chi connectivity index (χ1v) is 4.64. The summed E-state index contributed by atoms with van der Waals surface area (Å²) in [6.07, 6.45) is 2.79. The molecule has 4 heteroatoms. The molecule has 1 heterocycles. The molecule has 1 rings (SSSR count). The molecule has 0 N–H and O–H groups in total. The first-order chi connectivity index (χ1) is 4.24. The zero-order valence-corrected chi connectivity index (χ0v) is 9.73. The molecule has 1 aliphatic rings. The van der Waals surface area contributed by atoms with Gasteiger partial charge in [-0.2, -0.15) is 0 Å². The van der Waals surface area contributed by atoms with E-state index in [9.17, 15) is 4.79 Å². The van der Waals surface area contributed by atoms with Gasteiger partial charge in [0, 0.05) is 0 Å². The fraction of sp³-hybridized carbons (Fsp3) is 0.400. The van der Waals surface area contributed by atoms with Gasteiger partial charge in [-0.1, -0.05) is 0 Å². The van der Waals surface area contributed by atoms with Crippen LogP contribution in [0.4, 0.5) is 0 Å². The molecule has 1 aliphatic heterocycles. The molecule has 9 heavy (non-hydrogen) atoms. The summed E-state index contributed by atoms with van der Waals surface area (Å²) in [6.45, 7) is 0.888. The number of hydrogen-bond donors (Lipinski definition) is 0. The van der Waals surface area contributed by atoms with Crippen LogP contribution in [0.5, 0.6) is 0 Å². The Kier molecular flexibility index (Phi) is 2.10. The van der Waals surface area contributed by atoms with Crippen molar-refractivity contribution >= 4 is 32.4 Å². The zero-order chi connectivity index (χ0) is 6.85. The maximum atomic E-state index is 10.2. The number of hydrogen-bond acceptors (Lipinski definition) is 3. The Bertz CT molecular complexity index is 157. The van der Waals surface area contributed by atoms with Crippen LogP contribution in [0.1, 0.15) is 0 Å². The van der Waals surface area contributed by atoms with E-state index in [0.717, 1.165) is 44.7 Å². The van der Waals surface area contributed by atoms with Gasteiger partial charge in [-0.15, -0.1) is 0 Å². The van der Waals surface area contributed by atoms with Crippen LogP contribution >= 0.6 is 0 Å². The van der Waals surface area contributed by atoms with E-state index in [1.54, 1.807) is 0 Å². The standard InChI is InChI=1S/C5H8N2O.Tl/c1-7-4-6-2-5(7)3-8;/h2-3H,4H2,1H3,(H,6,8);/q;+1/p-1. The van der Waals surface area contributed by atoms with Crippen molar-refractivity contribution in [1.29, 1.82) is 0 Å². The average molecular weight is 316 g/mol. The van der Waals surface area contributed by atoms with Crippen LogP contribution in [0.15, 0.2) is 11.9 Å². The quantitative estimate of drug-likeness (QED) is 0.473. The normalized spacial score (nSPS) is 18.0. The molecule has 0 aromatic heterocycles. The predicted octanol–water partition coefficient (Wildman–Crippen LogP) is -0.685. The van der Waals surface area contributed by atoms with E-state index in [2.05, 4.69) is 2.71 Å². The van der Waals surface area contributed by atoms with Crippen molar-refractivity contribution < 1.29 is 4.79 Å². The summed E-state index contributed by atoms with van der Waals surface area (Å²) in [4.78, 5) is 12.2. The van der Waals surface area contributed by atoms with Crippen LogP contribution in [0.3, 0.4) is 0 Å². The summed E-state index contributed by atoms with van der Waals surface area (Å²) >= 11 is 0.801. The Hall–Kier alpha value is -0.0679. The zero-order valence-electron chi connectivity index (χ0n) is 5.24. The third-order valence-electron chi connectivity index (χ3n) is 1.24. The van der Waals surface area contributed by atoms with Gasteiger partial charge in [-0.3, -0.25) is 0 Å². The van der Waals surface area contributed by atoms with Gasteiger partial charge < -0.3 is 0 Å². The SMILES string of the molecule is CN1C[N]([Tl])C=C1C=O. The van der Waals surface area contributed by atoms with Gasteiger partial charge in [0.25, 0.3) is 0 Å². The summed E-state index contributed by atoms with van der Waals surface area (Å²) < 4.78 is 2.13. The average Bonchev–Trinajstić information content (AvgIpc) is 2.10. The molecule has 0 fully saturated rings. The van der Waals surface area contributed by atoms with Gasteiger partial charge in [0.2, 0.25) is 0 Å².